The Morgan fingerprint density at radius 1 is 1.42 bits per heavy atom. The number of ether oxygens (including phenoxy) is 2. The summed E-state index contributed by atoms with van der Waals surface area (Å²) in [4.78, 5) is 0. The molecule has 1 aromatic rings. The maximum absolute atomic E-state index is 5.32. The molecular weight excluding hydrogens is 152 g/mol. The van der Waals surface area contributed by atoms with Crippen LogP contribution in [0.2, 0.25) is 0 Å². The molecule has 2 nitrogen and oxygen atoms in total. The molecule has 2 heteroatoms. The van der Waals surface area contributed by atoms with E-state index >= 15 is 0 Å². The van der Waals surface area contributed by atoms with Gasteiger partial charge in [0.15, 0.2) is 0 Å². The Morgan fingerprint density at radius 3 is 2.67 bits per heavy atom. The summed E-state index contributed by atoms with van der Waals surface area (Å²) in [5, 5.41) is 0. The summed E-state index contributed by atoms with van der Waals surface area (Å²) < 4.78 is 10.4. The topological polar surface area (TPSA) is 18.5 Å². The number of hydrogen-bond donors (Lipinski definition) is 0. The molecule has 0 unspecified atom stereocenters. The van der Waals surface area contributed by atoms with Crippen molar-refractivity contribution in [3.63, 3.8) is 0 Å². The lowest BCUT2D eigenvalue weighted by molar-refractivity contribution is 0.337. The Bertz CT molecular complexity index is 256. The highest BCUT2D eigenvalue weighted by atomic mass is 16.5. The van der Waals surface area contributed by atoms with Crippen LogP contribution in [0.25, 0.3) is 0 Å². The fourth-order valence-electron chi connectivity index (χ4n) is 0.979. The van der Waals surface area contributed by atoms with Crippen LogP contribution in [0.15, 0.2) is 18.2 Å². The van der Waals surface area contributed by atoms with Gasteiger partial charge in [-0.1, -0.05) is 0 Å². The van der Waals surface area contributed by atoms with Crippen LogP contribution >= 0.6 is 0 Å². The minimum atomic E-state index is 0.662. The van der Waals surface area contributed by atoms with Crippen molar-refractivity contribution < 1.29 is 9.47 Å². The largest absolute Gasteiger partial charge is 0.497 e. The van der Waals surface area contributed by atoms with E-state index in [2.05, 4.69) is 6.92 Å². The molecule has 0 bridgehead atoms. The molecule has 0 amide bonds. The minimum Gasteiger partial charge on any atom is -0.497 e. The summed E-state index contributed by atoms with van der Waals surface area (Å²) in [6, 6.07) is 5.58. The summed E-state index contributed by atoms with van der Waals surface area (Å²) in [7, 11) is 1.63. The van der Waals surface area contributed by atoms with Gasteiger partial charge in [-0.25, -0.2) is 0 Å². The summed E-state index contributed by atoms with van der Waals surface area (Å²) in [6.45, 7) is 6.45. The Kier molecular flexibility index (Phi) is 2.97. The maximum atomic E-state index is 5.32. The van der Waals surface area contributed by atoms with E-state index in [1.807, 2.05) is 25.1 Å². The molecule has 0 aliphatic carbocycles. The van der Waals surface area contributed by atoms with Gasteiger partial charge in [-0.15, -0.1) is 0 Å². The normalized spacial score (nSPS) is 9.58. The first-order valence-electron chi connectivity index (χ1n) is 3.90. The van der Waals surface area contributed by atoms with Crippen molar-refractivity contribution in [3.8, 4) is 11.5 Å². The number of rotatable bonds is 3. The standard InChI is InChI=1S/C10H13O2/c1-4-12-10-6-5-9(11-3)7-8(10)2/h5-7H,2,4H2,1,3H3. The van der Waals surface area contributed by atoms with Gasteiger partial charge >= 0.3 is 0 Å². The van der Waals surface area contributed by atoms with Crippen LogP contribution in [-0.4, -0.2) is 13.7 Å². The number of hydrogen-bond acceptors (Lipinski definition) is 2. The monoisotopic (exact) mass is 165 g/mol. The molecule has 0 spiro atoms. The molecule has 0 saturated heterocycles. The van der Waals surface area contributed by atoms with Crippen LogP contribution in [0.5, 0.6) is 11.5 Å². The van der Waals surface area contributed by atoms with Crippen molar-refractivity contribution in [2.75, 3.05) is 13.7 Å². The van der Waals surface area contributed by atoms with Crippen LogP contribution in [-0.2, 0) is 0 Å². The van der Waals surface area contributed by atoms with Gasteiger partial charge in [-0.2, -0.15) is 0 Å². The molecule has 0 aliphatic rings. The lowest BCUT2D eigenvalue weighted by Crippen LogP contribution is -1.94. The maximum Gasteiger partial charge on any atom is 0.122 e. The van der Waals surface area contributed by atoms with E-state index in [9.17, 15) is 0 Å². The average molecular weight is 165 g/mol. The van der Waals surface area contributed by atoms with Gasteiger partial charge in [0.1, 0.15) is 11.5 Å². The van der Waals surface area contributed by atoms with Crippen LogP contribution in [0.1, 0.15) is 12.5 Å². The zero-order valence-corrected chi connectivity index (χ0v) is 7.46. The van der Waals surface area contributed by atoms with Gasteiger partial charge < -0.3 is 9.47 Å². The minimum absolute atomic E-state index is 0.662. The van der Waals surface area contributed by atoms with E-state index < -0.39 is 0 Å². The number of benzene rings is 1. The second kappa shape index (κ2) is 4.00. The van der Waals surface area contributed by atoms with Gasteiger partial charge in [0, 0.05) is 0 Å². The molecule has 0 aliphatic heterocycles. The first-order valence-corrected chi connectivity index (χ1v) is 3.90. The van der Waals surface area contributed by atoms with Crippen molar-refractivity contribution in [2.45, 2.75) is 6.92 Å². The molecule has 0 aromatic heterocycles. The summed E-state index contributed by atoms with van der Waals surface area (Å²) >= 11 is 0. The molecule has 65 valence electrons. The van der Waals surface area contributed by atoms with E-state index in [1.165, 1.54) is 0 Å². The van der Waals surface area contributed by atoms with Gasteiger partial charge in [-0.3, -0.25) is 0 Å². The second-order valence-electron chi connectivity index (χ2n) is 2.41. The van der Waals surface area contributed by atoms with Gasteiger partial charge in [0.25, 0.3) is 0 Å². The lowest BCUT2D eigenvalue weighted by Gasteiger charge is -2.07. The Balaban J connectivity index is 2.87. The fourth-order valence-corrected chi connectivity index (χ4v) is 0.979. The SMILES string of the molecule is [CH2]c1cc(OC)ccc1OCC. The first kappa shape index (κ1) is 8.91. The quantitative estimate of drug-likeness (QED) is 0.684. The smallest absolute Gasteiger partial charge is 0.122 e. The molecule has 0 atom stereocenters. The zero-order chi connectivity index (χ0) is 8.97. The fraction of sp³-hybridized carbons (Fsp3) is 0.300. The van der Waals surface area contributed by atoms with E-state index in [1.54, 1.807) is 7.11 Å². The molecule has 1 rings (SSSR count). The van der Waals surface area contributed by atoms with E-state index in [-0.39, 0.29) is 0 Å². The highest BCUT2D eigenvalue weighted by Crippen LogP contribution is 2.22. The third-order valence-corrected chi connectivity index (χ3v) is 1.57. The second-order valence-corrected chi connectivity index (χ2v) is 2.41. The van der Waals surface area contributed by atoms with E-state index in [0.717, 1.165) is 17.1 Å². The molecule has 12 heavy (non-hydrogen) atoms. The Hall–Kier alpha value is -1.18. The van der Waals surface area contributed by atoms with Gasteiger partial charge in [0.05, 0.1) is 13.7 Å². The highest BCUT2D eigenvalue weighted by Gasteiger charge is 1.99. The van der Waals surface area contributed by atoms with Gasteiger partial charge in [0.2, 0.25) is 0 Å². The zero-order valence-electron chi connectivity index (χ0n) is 7.46. The Morgan fingerprint density at radius 2 is 2.17 bits per heavy atom. The lowest BCUT2D eigenvalue weighted by atomic mass is 10.2. The molecule has 0 N–H and O–H groups in total. The molecule has 0 heterocycles. The predicted octanol–water partition coefficient (Wildman–Crippen LogP) is 2.28. The van der Waals surface area contributed by atoms with Crippen LogP contribution in [0.3, 0.4) is 0 Å². The van der Waals surface area contributed by atoms with Crippen molar-refractivity contribution in [1.29, 1.82) is 0 Å². The molecule has 1 aromatic carbocycles. The third kappa shape index (κ3) is 1.91. The summed E-state index contributed by atoms with van der Waals surface area (Å²) in [5.74, 6) is 1.63. The summed E-state index contributed by atoms with van der Waals surface area (Å²) in [6.07, 6.45) is 0. The molecule has 0 saturated carbocycles. The number of methoxy groups -OCH3 is 1. The predicted molar refractivity (Wildman–Crippen MR) is 48.6 cm³/mol. The molecular formula is C10H13O2. The van der Waals surface area contributed by atoms with Crippen LogP contribution in [0, 0.1) is 6.92 Å². The molecule has 0 fully saturated rings. The van der Waals surface area contributed by atoms with Crippen molar-refractivity contribution >= 4 is 0 Å². The van der Waals surface area contributed by atoms with Gasteiger partial charge in [-0.05, 0) is 37.6 Å². The van der Waals surface area contributed by atoms with E-state index in [4.69, 9.17) is 9.47 Å². The van der Waals surface area contributed by atoms with Crippen LogP contribution in [0.4, 0.5) is 0 Å². The van der Waals surface area contributed by atoms with Crippen molar-refractivity contribution in [2.24, 2.45) is 0 Å². The van der Waals surface area contributed by atoms with Crippen LogP contribution < -0.4 is 9.47 Å². The average Bonchev–Trinajstić information content (AvgIpc) is 2.09. The molecule has 1 radical (unpaired) electrons. The van der Waals surface area contributed by atoms with E-state index in [0.29, 0.717) is 6.61 Å². The van der Waals surface area contributed by atoms with Crippen molar-refractivity contribution in [3.05, 3.63) is 30.7 Å². The Labute approximate surface area is 73.1 Å². The third-order valence-electron chi connectivity index (χ3n) is 1.57. The van der Waals surface area contributed by atoms with Crippen molar-refractivity contribution in [1.82, 2.24) is 0 Å². The summed E-state index contributed by atoms with van der Waals surface area (Å²) in [5.41, 5.74) is 0.858. The highest BCUT2D eigenvalue weighted by molar-refractivity contribution is 5.41. The first-order chi connectivity index (χ1) is 5.77.